The Bertz CT molecular complexity index is 803. The quantitative estimate of drug-likeness (QED) is 0.239. The smallest absolute Gasteiger partial charge is 0.322 e. The van der Waals surface area contributed by atoms with Crippen molar-refractivity contribution in [1.82, 2.24) is 20.9 Å². The molecular weight excluding hydrogens is 493 g/mol. The molecule has 4 rings (SSSR count). The van der Waals surface area contributed by atoms with Gasteiger partial charge in [0.15, 0.2) is 5.96 Å². The normalized spacial score (nSPS) is 25.9. The Balaban J connectivity index is 0.00000256. The molecule has 2 aliphatic heterocycles. The molecule has 8 heteroatoms. The summed E-state index contributed by atoms with van der Waals surface area (Å²) >= 11 is 0. The second kappa shape index (κ2) is 9.11. The molecule has 7 nitrogen and oxygen atoms in total. The van der Waals surface area contributed by atoms with E-state index in [0.29, 0.717) is 0 Å². The van der Waals surface area contributed by atoms with E-state index in [-0.39, 0.29) is 47.2 Å². The fraction of sp³-hybridized carbons (Fsp3) is 0.591. The summed E-state index contributed by atoms with van der Waals surface area (Å²) in [6.07, 6.45) is 4.07. The number of aliphatic imine (C=N–C) groups is 1. The van der Waals surface area contributed by atoms with Crippen LogP contribution in [0.3, 0.4) is 0 Å². The summed E-state index contributed by atoms with van der Waals surface area (Å²) in [6, 6.07) is 10.3. The van der Waals surface area contributed by atoms with E-state index in [1.165, 1.54) is 18.4 Å². The Morgan fingerprint density at radius 2 is 1.87 bits per heavy atom. The number of imide groups is 1. The third-order valence-corrected chi connectivity index (χ3v) is 6.79. The summed E-state index contributed by atoms with van der Waals surface area (Å²) in [5, 5.41) is 8.65. The standard InChI is InChI=1S/C22H31N5O2.HI/c1-3-23-19(24-15-22(11-12-22)17-7-5-4-6-8-17)27-13-9-16(10-14-27)21(2)18(28)25-20(29)26-21;/h4-8,16H,3,9-15H2,1-2H3,(H,23,24)(H2,25,26,28,29);1H. The molecule has 1 unspecified atom stereocenters. The van der Waals surface area contributed by atoms with Crippen molar-refractivity contribution in [2.45, 2.75) is 50.5 Å². The molecule has 0 bridgehead atoms. The second-order valence-corrected chi connectivity index (χ2v) is 8.69. The summed E-state index contributed by atoms with van der Waals surface area (Å²) in [6.45, 7) is 7.21. The molecule has 3 amide bonds. The first-order valence-electron chi connectivity index (χ1n) is 10.7. The van der Waals surface area contributed by atoms with Crippen molar-refractivity contribution in [3.63, 3.8) is 0 Å². The fourth-order valence-electron chi connectivity index (χ4n) is 4.65. The van der Waals surface area contributed by atoms with Crippen LogP contribution in [-0.2, 0) is 10.2 Å². The van der Waals surface area contributed by atoms with Gasteiger partial charge in [-0.3, -0.25) is 15.1 Å². The van der Waals surface area contributed by atoms with Crippen LogP contribution in [0, 0.1) is 5.92 Å². The monoisotopic (exact) mass is 525 g/mol. The number of carbonyl (C=O) groups excluding carboxylic acids is 2. The van der Waals surface area contributed by atoms with Gasteiger partial charge in [-0.1, -0.05) is 30.3 Å². The van der Waals surface area contributed by atoms with Crippen LogP contribution in [0.15, 0.2) is 35.3 Å². The zero-order valence-corrected chi connectivity index (χ0v) is 20.1. The third kappa shape index (κ3) is 4.43. The second-order valence-electron chi connectivity index (χ2n) is 8.69. The molecule has 2 saturated heterocycles. The van der Waals surface area contributed by atoms with Crippen LogP contribution in [0.5, 0.6) is 0 Å². The van der Waals surface area contributed by atoms with Gasteiger partial charge < -0.3 is 15.5 Å². The van der Waals surface area contributed by atoms with Gasteiger partial charge in [0.25, 0.3) is 5.91 Å². The molecule has 0 radical (unpaired) electrons. The third-order valence-electron chi connectivity index (χ3n) is 6.79. The Morgan fingerprint density at radius 3 is 2.40 bits per heavy atom. The van der Waals surface area contributed by atoms with Crippen molar-refractivity contribution in [3.05, 3.63) is 35.9 Å². The van der Waals surface area contributed by atoms with Crippen LogP contribution in [-0.4, -0.2) is 54.5 Å². The van der Waals surface area contributed by atoms with Gasteiger partial charge in [-0.05, 0) is 51.0 Å². The number of hydrogen-bond acceptors (Lipinski definition) is 3. The number of amides is 3. The van der Waals surface area contributed by atoms with Gasteiger partial charge in [-0.15, -0.1) is 24.0 Å². The molecule has 30 heavy (non-hydrogen) atoms. The van der Waals surface area contributed by atoms with E-state index in [4.69, 9.17) is 4.99 Å². The van der Waals surface area contributed by atoms with E-state index in [1.807, 2.05) is 6.92 Å². The molecule has 0 aromatic heterocycles. The molecule has 1 aromatic rings. The Labute approximate surface area is 195 Å². The predicted molar refractivity (Wildman–Crippen MR) is 128 cm³/mol. The lowest BCUT2D eigenvalue weighted by Gasteiger charge is -2.39. The maximum atomic E-state index is 12.2. The summed E-state index contributed by atoms with van der Waals surface area (Å²) < 4.78 is 0. The summed E-state index contributed by atoms with van der Waals surface area (Å²) in [4.78, 5) is 31.1. The van der Waals surface area contributed by atoms with Crippen LogP contribution in [0.4, 0.5) is 4.79 Å². The number of halogens is 1. The molecule has 3 aliphatic rings. The molecular formula is C22H32IN5O2. The van der Waals surface area contributed by atoms with Crippen LogP contribution >= 0.6 is 24.0 Å². The lowest BCUT2D eigenvalue weighted by molar-refractivity contribution is -0.125. The fourth-order valence-corrected chi connectivity index (χ4v) is 4.65. The van der Waals surface area contributed by atoms with Gasteiger partial charge in [-0.2, -0.15) is 0 Å². The van der Waals surface area contributed by atoms with E-state index in [9.17, 15) is 9.59 Å². The first-order valence-corrected chi connectivity index (χ1v) is 10.7. The highest BCUT2D eigenvalue weighted by Crippen LogP contribution is 2.48. The van der Waals surface area contributed by atoms with Crippen molar-refractivity contribution in [1.29, 1.82) is 0 Å². The first kappa shape index (κ1) is 22.8. The van der Waals surface area contributed by atoms with Crippen LogP contribution in [0.2, 0.25) is 0 Å². The average molecular weight is 525 g/mol. The van der Waals surface area contributed by atoms with Gasteiger partial charge in [-0.25, -0.2) is 4.79 Å². The Morgan fingerprint density at radius 1 is 1.20 bits per heavy atom. The molecule has 164 valence electrons. The van der Waals surface area contributed by atoms with Crippen LogP contribution in [0.1, 0.15) is 45.1 Å². The summed E-state index contributed by atoms with van der Waals surface area (Å²) in [5.74, 6) is 0.880. The number of carbonyl (C=O) groups is 2. The number of rotatable bonds is 5. The minimum absolute atomic E-state index is 0. The summed E-state index contributed by atoms with van der Waals surface area (Å²) in [7, 11) is 0. The van der Waals surface area contributed by atoms with Gasteiger partial charge in [0.2, 0.25) is 0 Å². The number of piperidine rings is 1. The zero-order valence-electron chi connectivity index (χ0n) is 17.7. The van der Waals surface area contributed by atoms with Crippen LogP contribution in [0.25, 0.3) is 0 Å². The van der Waals surface area contributed by atoms with E-state index in [1.54, 1.807) is 0 Å². The number of guanidine groups is 1. The lowest BCUT2D eigenvalue weighted by Crippen LogP contribution is -2.55. The number of benzene rings is 1. The topological polar surface area (TPSA) is 85.8 Å². The molecule has 1 saturated carbocycles. The van der Waals surface area contributed by atoms with Crippen molar-refractivity contribution < 1.29 is 9.59 Å². The molecule has 1 atom stereocenters. The molecule has 1 aliphatic carbocycles. The van der Waals surface area contributed by atoms with Gasteiger partial charge in [0.05, 0.1) is 6.54 Å². The average Bonchev–Trinajstić information content (AvgIpc) is 3.47. The summed E-state index contributed by atoms with van der Waals surface area (Å²) in [5.41, 5.74) is 0.776. The lowest BCUT2D eigenvalue weighted by atomic mass is 9.79. The highest BCUT2D eigenvalue weighted by molar-refractivity contribution is 14.0. The molecule has 1 aromatic carbocycles. The zero-order chi connectivity index (χ0) is 20.5. The highest BCUT2D eigenvalue weighted by atomic mass is 127. The van der Waals surface area contributed by atoms with E-state index in [2.05, 4.69) is 58.1 Å². The number of hydrogen-bond donors (Lipinski definition) is 3. The molecule has 2 heterocycles. The maximum absolute atomic E-state index is 12.2. The molecule has 3 fully saturated rings. The van der Waals surface area contributed by atoms with Crippen molar-refractivity contribution in [3.8, 4) is 0 Å². The molecule has 0 spiro atoms. The highest BCUT2D eigenvalue weighted by Gasteiger charge is 2.49. The predicted octanol–water partition coefficient (Wildman–Crippen LogP) is 2.61. The number of nitrogens with zero attached hydrogens (tertiary/aromatic N) is 2. The van der Waals surface area contributed by atoms with Crippen molar-refractivity contribution in [2.75, 3.05) is 26.2 Å². The largest absolute Gasteiger partial charge is 0.357 e. The number of nitrogens with one attached hydrogen (secondary N) is 3. The van der Waals surface area contributed by atoms with Gasteiger partial charge in [0.1, 0.15) is 5.54 Å². The Kier molecular flexibility index (Phi) is 6.94. The molecule has 3 N–H and O–H groups in total. The van der Waals surface area contributed by atoms with E-state index >= 15 is 0 Å². The first-order chi connectivity index (χ1) is 14.0. The minimum atomic E-state index is -0.802. The van der Waals surface area contributed by atoms with Crippen molar-refractivity contribution >= 4 is 41.9 Å². The van der Waals surface area contributed by atoms with Crippen LogP contribution < -0.4 is 16.0 Å². The van der Waals surface area contributed by atoms with Crippen molar-refractivity contribution in [2.24, 2.45) is 10.9 Å². The maximum Gasteiger partial charge on any atom is 0.322 e. The number of likely N-dealkylation sites (tertiary alicyclic amines) is 1. The van der Waals surface area contributed by atoms with Gasteiger partial charge >= 0.3 is 6.03 Å². The Hall–Kier alpha value is -1.84. The SMILES string of the molecule is CCNC(=NCC1(c2ccccc2)CC1)N1CCC(C2(C)NC(=O)NC2=O)CC1.I. The minimum Gasteiger partial charge on any atom is -0.357 e. The van der Waals surface area contributed by atoms with Gasteiger partial charge in [0, 0.05) is 25.0 Å². The number of urea groups is 1. The van der Waals surface area contributed by atoms with E-state index < -0.39 is 5.54 Å². The van der Waals surface area contributed by atoms with E-state index in [0.717, 1.165) is 45.0 Å².